The van der Waals surface area contributed by atoms with E-state index in [1.165, 1.54) is 24.8 Å². The molecule has 1 saturated carbocycles. The third kappa shape index (κ3) is 2.49. The van der Waals surface area contributed by atoms with Gasteiger partial charge in [-0.15, -0.1) is 0 Å². The van der Waals surface area contributed by atoms with Crippen molar-refractivity contribution in [3.05, 3.63) is 34.3 Å². The number of halogens is 1. The van der Waals surface area contributed by atoms with Gasteiger partial charge in [0.1, 0.15) is 6.29 Å². The van der Waals surface area contributed by atoms with Gasteiger partial charge in [0, 0.05) is 10.9 Å². The Kier molecular flexibility index (Phi) is 3.57. The second-order valence-corrected chi connectivity index (χ2v) is 5.17. The predicted octanol–water partition coefficient (Wildman–Crippen LogP) is 3.92. The molecule has 1 aliphatic carbocycles. The molecule has 0 saturated heterocycles. The first-order chi connectivity index (χ1) is 7.31. The van der Waals surface area contributed by atoms with Crippen LogP contribution in [0.15, 0.2) is 28.7 Å². The summed E-state index contributed by atoms with van der Waals surface area (Å²) in [6.45, 7) is 0. The van der Waals surface area contributed by atoms with E-state index >= 15 is 0 Å². The molecule has 1 aromatic carbocycles. The third-order valence-corrected chi connectivity index (χ3v) is 3.84. The summed E-state index contributed by atoms with van der Waals surface area (Å²) in [5.74, 6) is 1.17. The Morgan fingerprint density at radius 3 is 2.80 bits per heavy atom. The third-order valence-electron chi connectivity index (χ3n) is 3.35. The minimum atomic E-state index is 0.439. The van der Waals surface area contributed by atoms with Crippen molar-refractivity contribution in [3.8, 4) is 0 Å². The van der Waals surface area contributed by atoms with E-state index in [9.17, 15) is 4.79 Å². The van der Waals surface area contributed by atoms with Gasteiger partial charge in [0.2, 0.25) is 0 Å². The molecule has 15 heavy (non-hydrogen) atoms. The highest BCUT2D eigenvalue weighted by atomic mass is 79.9. The Morgan fingerprint density at radius 1 is 1.47 bits per heavy atom. The van der Waals surface area contributed by atoms with Crippen molar-refractivity contribution in [1.29, 1.82) is 0 Å². The Hall–Kier alpha value is -0.630. The van der Waals surface area contributed by atoms with Crippen molar-refractivity contribution in [2.75, 3.05) is 0 Å². The number of aldehydes is 1. The van der Waals surface area contributed by atoms with E-state index in [4.69, 9.17) is 0 Å². The maximum atomic E-state index is 10.7. The Labute approximate surface area is 99.0 Å². The molecule has 0 radical (unpaired) electrons. The summed E-state index contributed by atoms with van der Waals surface area (Å²) in [4.78, 5) is 10.7. The van der Waals surface area contributed by atoms with Crippen LogP contribution < -0.4 is 0 Å². The van der Waals surface area contributed by atoms with Gasteiger partial charge in [-0.1, -0.05) is 34.5 Å². The van der Waals surface area contributed by atoms with Crippen molar-refractivity contribution >= 4 is 22.2 Å². The Morgan fingerprint density at radius 2 is 2.27 bits per heavy atom. The molecular weight excluding hydrogens is 252 g/mol. The molecule has 1 aliphatic rings. The second-order valence-electron chi connectivity index (χ2n) is 4.25. The molecule has 0 aliphatic heterocycles. The topological polar surface area (TPSA) is 17.1 Å². The van der Waals surface area contributed by atoms with Crippen LogP contribution in [-0.2, 0) is 4.79 Å². The SMILES string of the molecule is O=CCC(c1cccc(Br)c1)C1CCC1. The first-order valence-corrected chi connectivity index (χ1v) is 6.29. The fourth-order valence-corrected chi connectivity index (χ4v) is 2.70. The van der Waals surface area contributed by atoms with Gasteiger partial charge in [-0.2, -0.15) is 0 Å². The molecule has 0 heterocycles. The molecule has 1 aromatic rings. The molecule has 80 valence electrons. The van der Waals surface area contributed by atoms with E-state index in [-0.39, 0.29) is 0 Å². The quantitative estimate of drug-likeness (QED) is 0.755. The van der Waals surface area contributed by atoms with Crippen LogP contribution in [0.4, 0.5) is 0 Å². The van der Waals surface area contributed by atoms with E-state index in [0.29, 0.717) is 12.3 Å². The van der Waals surface area contributed by atoms with Gasteiger partial charge < -0.3 is 4.79 Å². The smallest absolute Gasteiger partial charge is 0.120 e. The number of carbonyl (C=O) groups excluding carboxylic acids is 1. The normalized spacial score (nSPS) is 18.2. The van der Waals surface area contributed by atoms with Gasteiger partial charge in [-0.25, -0.2) is 0 Å². The molecule has 1 fully saturated rings. The first kappa shape index (κ1) is 10.9. The molecule has 1 nitrogen and oxygen atoms in total. The van der Waals surface area contributed by atoms with E-state index < -0.39 is 0 Å². The predicted molar refractivity (Wildman–Crippen MR) is 64.9 cm³/mol. The van der Waals surface area contributed by atoms with Crippen molar-refractivity contribution in [2.45, 2.75) is 31.6 Å². The van der Waals surface area contributed by atoms with Crippen LogP contribution in [0.25, 0.3) is 0 Å². The van der Waals surface area contributed by atoms with Crippen LogP contribution in [0.5, 0.6) is 0 Å². The monoisotopic (exact) mass is 266 g/mol. The summed E-state index contributed by atoms with van der Waals surface area (Å²) in [7, 11) is 0. The molecule has 0 amide bonds. The zero-order valence-electron chi connectivity index (χ0n) is 8.66. The average Bonchev–Trinajstić information content (AvgIpc) is 2.14. The number of rotatable bonds is 4. The van der Waals surface area contributed by atoms with Gasteiger partial charge in [-0.3, -0.25) is 0 Å². The van der Waals surface area contributed by atoms with Crippen LogP contribution in [0.3, 0.4) is 0 Å². The average molecular weight is 267 g/mol. The van der Waals surface area contributed by atoms with Crippen LogP contribution in [0.1, 0.15) is 37.2 Å². The number of benzene rings is 1. The van der Waals surface area contributed by atoms with Crippen molar-refractivity contribution < 1.29 is 4.79 Å². The fraction of sp³-hybridized carbons (Fsp3) is 0.462. The summed E-state index contributed by atoms with van der Waals surface area (Å²) in [6, 6.07) is 8.36. The van der Waals surface area contributed by atoms with Gasteiger partial charge in [0.15, 0.2) is 0 Å². The minimum absolute atomic E-state index is 0.439. The maximum Gasteiger partial charge on any atom is 0.120 e. The van der Waals surface area contributed by atoms with E-state index in [0.717, 1.165) is 16.7 Å². The molecule has 0 bridgehead atoms. The lowest BCUT2D eigenvalue weighted by molar-refractivity contribution is -0.108. The second kappa shape index (κ2) is 4.93. The van der Waals surface area contributed by atoms with Crippen molar-refractivity contribution in [1.82, 2.24) is 0 Å². The largest absolute Gasteiger partial charge is 0.303 e. The molecule has 1 atom stereocenters. The first-order valence-electron chi connectivity index (χ1n) is 5.50. The van der Waals surface area contributed by atoms with Crippen LogP contribution in [0, 0.1) is 5.92 Å². The Bertz CT molecular complexity index is 344. The zero-order valence-corrected chi connectivity index (χ0v) is 10.2. The summed E-state index contributed by atoms with van der Waals surface area (Å²) in [5.41, 5.74) is 1.31. The van der Waals surface area contributed by atoms with E-state index in [1.807, 2.05) is 6.07 Å². The highest BCUT2D eigenvalue weighted by molar-refractivity contribution is 9.10. The number of carbonyl (C=O) groups is 1. The molecule has 1 unspecified atom stereocenters. The standard InChI is InChI=1S/C13H15BrO/c14-12-6-2-5-11(9-12)13(7-8-15)10-3-1-4-10/h2,5-6,8-10,13H,1,3-4,7H2. The summed E-state index contributed by atoms with van der Waals surface area (Å²) < 4.78 is 1.11. The molecular formula is C13H15BrO. The summed E-state index contributed by atoms with van der Waals surface area (Å²) in [5, 5.41) is 0. The zero-order chi connectivity index (χ0) is 10.7. The van der Waals surface area contributed by atoms with Gasteiger partial charge in [0.05, 0.1) is 0 Å². The molecule has 2 heteroatoms. The molecule has 2 rings (SSSR count). The van der Waals surface area contributed by atoms with Gasteiger partial charge in [-0.05, 0) is 42.4 Å². The molecule has 0 N–H and O–H groups in total. The van der Waals surface area contributed by atoms with Crippen molar-refractivity contribution in [3.63, 3.8) is 0 Å². The maximum absolute atomic E-state index is 10.7. The van der Waals surface area contributed by atoms with Crippen LogP contribution >= 0.6 is 15.9 Å². The van der Waals surface area contributed by atoms with Crippen LogP contribution in [-0.4, -0.2) is 6.29 Å². The molecule has 0 aromatic heterocycles. The fourth-order valence-electron chi connectivity index (χ4n) is 2.28. The highest BCUT2D eigenvalue weighted by Crippen LogP contribution is 2.41. The Balaban J connectivity index is 2.19. The van der Waals surface area contributed by atoms with Gasteiger partial charge in [0.25, 0.3) is 0 Å². The lowest BCUT2D eigenvalue weighted by Gasteiger charge is -2.33. The lowest BCUT2D eigenvalue weighted by Crippen LogP contribution is -2.20. The van der Waals surface area contributed by atoms with E-state index in [2.05, 4.69) is 34.1 Å². The minimum Gasteiger partial charge on any atom is -0.303 e. The number of hydrogen-bond acceptors (Lipinski definition) is 1. The molecule has 0 spiro atoms. The summed E-state index contributed by atoms with van der Waals surface area (Å²) in [6.07, 6.45) is 5.62. The number of hydrogen-bond donors (Lipinski definition) is 0. The van der Waals surface area contributed by atoms with Crippen molar-refractivity contribution in [2.24, 2.45) is 5.92 Å². The lowest BCUT2D eigenvalue weighted by atomic mass is 9.72. The highest BCUT2D eigenvalue weighted by Gasteiger charge is 2.28. The summed E-state index contributed by atoms with van der Waals surface area (Å²) >= 11 is 3.48. The van der Waals surface area contributed by atoms with Gasteiger partial charge >= 0.3 is 0 Å². The van der Waals surface area contributed by atoms with Crippen LogP contribution in [0.2, 0.25) is 0 Å². The van der Waals surface area contributed by atoms with E-state index in [1.54, 1.807) is 0 Å².